The number of nitrogens with zero attached hydrogens (tertiary/aromatic N) is 2. The van der Waals surface area contributed by atoms with Crippen LogP contribution in [0.1, 0.15) is 16.1 Å². The van der Waals surface area contributed by atoms with Crippen molar-refractivity contribution in [2.24, 2.45) is 0 Å². The Balaban J connectivity index is 2.64. The lowest BCUT2D eigenvalue weighted by molar-refractivity contribution is 0.0687. The topological polar surface area (TPSA) is 81.4 Å². The van der Waals surface area contributed by atoms with Gasteiger partial charge in [-0.2, -0.15) is 9.78 Å². The van der Waals surface area contributed by atoms with Gasteiger partial charge in [-0.15, -0.1) is 0 Å². The molecule has 1 heterocycles. The van der Waals surface area contributed by atoms with Crippen molar-refractivity contribution in [1.29, 1.82) is 0 Å². The molecule has 1 aromatic carbocycles. The van der Waals surface area contributed by atoms with E-state index in [-0.39, 0.29) is 5.69 Å². The number of benzene rings is 1. The van der Waals surface area contributed by atoms with E-state index in [1.807, 2.05) is 0 Å². The number of ether oxygens (including phenoxy) is 1. The van der Waals surface area contributed by atoms with E-state index in [2.05, 4.69) is 5.10 Å². The summed E-state index contributed by atoms with van der Waals surface area (Å²) >= 11 is 0. The maximum atomic E-state index is 11.9. The maximum absolute atomic E-state index is 11.9. The third-order valence-corrected chi connectivity index (χ3v) is 2.62. The number of aromatic carboxylic acids is 1. The Morgan fingerprint density at radius 1 is 1.37 bits per heavy atom. The van der Waals surface area contributed by atoms with Crippen molar-refractivity contribution in [2.75, 3.05) is 7.11 Å². The van der Waals surface area contributed by atoms with Crippen LogP contribution in [0.25, 0.3) is 5.69 Å². The van der Waals surface area contributed by atoms with Gasteiger partial charge in [0.2, 0.25) is 0 Å². The molecule has 0 aliphatic carbocycles. The summed E-state index contributed by atoms with van der Waals surface area (Å²) in [5.74, 6) is -0.613. The van der Waals surface area contributed by atoms with Gasteiger partial charge in [0.15, 0.2) is 5.69 Å². The molecule has 2 rings (SSSR count). The molecule has 0 fully saturated rings. The standard InChI is InChI=1S/C13H12N2O4/c1-8-6-11(16)15(14-12(8)13(17)18)9-4-3-5-10(7-9)19-2/h3-7H,1-2H3,(H,17,18). The first-order chi connectivity index (χ1) is 9.02. The van der Waals surface area contributed by atoms with E-state index in [4.69, 9.17) is 9.84 Å². The predicted molar refractivity (Wildman–Crippen MR) is 68.1 cm³/mol. The minimum absolute atomic E-state index is 0.151. The normalized spacial score (nSPS) is 10.2. The van der Waals surface area contributed by atoms with Gasteiger partial charge in [-0.3, -0.25) is 4.79 Å². The van der Waals surface area contributed by atoms with Crippen LogP contribution in [0.2, 0.25) is 0 Å². The number of rotatable bonds is 3. The van der Waals surface area contributed by atoms with Crippen LogP contribution in [0.4, 0.5) is 0 Å². The fourth-order valence-electron chi connectivity index (χ4n) is 1.68. The summed E-state index contributed by atoms with van der Waals surface area (Å²) in [7, 11) is 1.51. The molecule has 0 saturated carbocycles. The molecule has 0 bridgehead atoms. The highest BCUT2D eigenvalue weighted by Crippen LogP contribution is 2.14. The summed E-state index contributed by atoms with van der Waals surface area (Å²) in [4.78, 5) is 22.9. The number of carboxylic acid groups (broad SMARTS) is 1. The van der Waals surface area contributed by atoms with Gasteiger partial charge in [-0.1, -0.05) is 6.07 Å². The number of carbonyl (C=O) groups is 1. The first-order valence-corrected chi connectivity index (χ1v) is 5.51. The summed E-state index contributed by atoms with van der Waals surface area (Å²) in [5, 5.41) is 12.9. The average Bonchev–Trinajstić information content (AvgIpc) is 2.38. The number of hydrogen-bond donors (Lipinski definition) is 1. The van der Waals surface area contributed by atoms with Gasteiger partial charge in [0, 0.05) is 12.1 Å². The molecule has 0 unspecified atom stereocenters. The molecule has 0 atom stereocenters. The number of carboxylic acids is 1. The Hall–Kier alpha value is -2.63. The molecule has 98 valence electrons. The van der Waals surface area contributed by atoms with E-state index in [0.29, 0.717) is 17.0 Å². The van der Waals surface area contributed by atoms with Gasteiger partial charge >= 0.3 is 5.97 Å². The van der Waals surface area contributed by atoms with E-state index in [9.17, 15) is 9.59 Å². The lowest BCUT2D eigenvalue weighted by atomic mass is 10.2. The third kappa shape index (κ3) is 2.47. The molecule has 1 N–H and O–H groups in total. The molecule has 0 spiro atoms. The molecule has 0 aliphatic rings. The Morgan fingerprint density at radius 3 is 2.74 bits per heavy atom. The summed E-state index contributed by atoms with van der Waals surface area (Å²) in [6.07, 6.45) is 0. The zero-order chi connectivity index (χ0) is 14.0. The summed E-state index contributed by atoms with van der Waals surface area (Å²) < 4.78 is 6.10. The van der Waals surface area contributed by atoms with Crippen LogP contribution in [0, 0.1) is 6.92 Å². The lowest BCUT2D eigenvalue weighted by Crippen LogP contribution is -2.24. The number of hydrogen-bond acceptors (Lipinski definition) is 4. The third-order valence-electron chi connectivity index (χ3n) is 2.62. The summed E-state index contributed by atoms with van der Waals surface area (Å²) in [5.41, 5.74) is 0.238. The quantitative estimate of drug-likeness (QED) is 0.898. The maximum Gasteiger partial charge on any atom is 0.356 e. The van der Waals surface area contributed by atoms with Gasteiger partial charge in [0.05, 0.1) is 12.8 Å². The fourth-order valence-corrected chi connectivity index (χ4v) is 1.68. The monoisotopic (exact) mass is 260 g/mol. The number of aryl methyl sites for hydroxylation is 1. The number of aromatic nitrogens is 2. The Labute approximate surface area is 108 Å². The Kier molecular flexibility index (Phi) is 3.33. The molecule has 2 aromatic rings. The van der Waals surface area contributed by atoms with Gasteiger partial charge in [0.1, 0.15) is 5.75 Å². The van der Waals surface area contributed by atoms with Crippen LogP contribution >= 0.6 is 0 Å². The van der Waals surface area contributed by atoms with Crippen molar-refractivity contribution >= 4 is 5.97 Å². The molecule has 0 aliphatic heterocycles. The molecular weight excluding hydrogens is 248 g/mol. The summed E-state index contributed by atoms with van der Waals surface area (Å²) in [6, 6.07) is 7.92. The molecular formula is C13H12N2O4. The minimum atomic E-state index is -1.17. The van der Waals surface area contributed by atoms with E-state index in [0.717, 1.165) is 4.68 Å². The predicted octanol–water partition coefficient (Wildman–Crippen LogP) is 1.25. The highest BCUT2D eigenvalue weighted by atomic mass is 16.5. The zero-order valence-corrected chi connectivity index (χ0v) is 10.5. The van der Waals surface area contributed by atoms with Crippen LogP contribution in [0.3, 0.4) is 0 Å². The zero-order valence-electron chi connectivity index (χ0n) is 10.5. The van der Waals surface area contributed by atoms with Crippen LogP contribution in [0.5, 0.6) is 5.75 Å². The van der Waals surface area contributed by atoms with E-state index < -0.39 is 11.5 Å². The number of methoxy groups -OCH3 is 1. The van der Waals surface area contributed by atoms with Crippen molar-refractivity contribution < 1.29 is 14.6 Å². The highest BCUT2D eigenvalue weighted by Gasteiger charge is 2.13. The first kappa shape index (κ1) is 12.8. The largest absolute Gasteiger partial charge is 0.497 e. The lowest BCUT2D eigenvalue weighted by Gasteiger charge is -2.08. The van der Waals surface area contributed by atoms with E-state index in [1.165, 1.54) is 20.1 Å². The van der Waals surface area contributed by atoms with Crippen LogP contribution < -0.4 is 10.3 Å². The molecule has 19 heavy (non-hydrogen) atoms. The molecule has 1 aromatic heterocycles. The van der Waals surface area contributed by atoms with Crippen molar-refractivity contribution in [1.82, 2.24) is 9.78 Å². The Morgan fingerprint density at radius 2 is 2.11 bits per heavy atom. The molecule has 0 amide bonds. The fraction of sp³-hybridized carbons (Fsp3) is 0.154. The van der Waals surface area contributed by atoms with E-state index >= 15 is 0 Å². The van der Waals surface area contributed by atoms with Crippen LogP contribution in [-0.2, 0) is 0 Å². The van der Waals surface area contributed by atoms with Crippen molar-refractivity contribution in [3.63, 3.8) is 0 Å². The van der Waals surface area contributed by atoms with Gasteiger partial charge < -0.3 is 9.84 Å². The Bertz CT molecular complexity index is 691. The average molecular weight is 260 g/mol. The van der Waals surface area contributed by atoms with Gasteiger partial charge in [-0.25, -0.2) is 4.79 Å². The van der Waals surface area contributed by atoms with E-state index in [1.54, 1.807) is 24.3 Å². The van der Waals surface area contributed by atoms with Crippen molar-refractivity contribution in [3.8, 4) is 11.4 Å². The van der Waals surface area contributed by atoms with Gasteiger partial charge in [0.25, 0.3) is 5.56 Å². The second kappa shape index (κ2) is 4.93. The van der Waals surface area contributed by atoms with Crippen LogP contribution in [0.15, 0.2) is 35.1 Å². The highest BCUT2D eigenvalue weighted by molar-refractivity contribution is 5.86. The first-order valence-electron chi connectivity index (χ1n) is 5.51. The molecule has 0 radical (unpaired) electrons. The van der Waals surface area contributed by atoms with Gasteiger partial charge in [-0.05, 0) is 24.6 Å². The molecule has 6 nitrogen and oxygen atoms in total. The SMILES string of the molecule is COc1cccc(-n2nc(C(=O)O)c(C)cc2=O)c1. The van der Waals surface area contributed by atoms with Crippen molar-refractivity contribution in [3.05, 3.63) is 51.9 Å². The molecule has 0 saturated heterocycles. The van der Waals surface area contributed by atoms with Crippen molar-refractivity contribution in [2.45, 2.75) is 6.92 Å². The second-order valence-electron chi connectivity index (χ2n) is 3.93. The minimum Gasteiger partial charge on any atom is -0.497 e. The second-order valence-corrected chi connectivity index (χ2v) is 3.93. The smallest absolute Gasteiger partial charge is 0.356 e. The summed E-state index contributed by atoms with van der Waals surface area (Å²) in [6.45, 7) is 1.54. The van der Waals surface area contributed by atoms with Crippen LogP contribution in [-0.4, -0.2) is 28.0 Å². The molecule has 6 heteroatoms.